The highest BCUT2D eigenvalue weighted by atomic mass is 32.2. The second kappa shape index (κ2) is 8.85. The minimum atomic E-state index is -3.34. The molecule has 0 fully saturated rings. The van der Waals surface area contributed by atoms with Crippen molar-refractivity contribution in [1.29, 1.82) is 0 Å². The minimum absolute atomic E-state index is 0.0469. The van der Waals surface area contributed by atoms with Crippen LogP contribution in [0.15, 0.2) is 59.5 Å². The Balaban J connectivity index is 2.39. The average Bonchev–Trinajstić information content (AvgIpc) is 2.66. The molecule has 0 unspecified atom stereocenters. The Labute approximate surface area is 159 Å². The fraction of sp³-hybridized carbons (Fsp3) is 0.478. The smallest absolute Gasteiger partial charge is 0.179 e. The number of unbranched alkanes of at least 4 members (excludes halogenated alkanes) is 1. The maximum absolute atomic E-state index is 13.3. The van der Waals surface area contributed by atoms with Gasteiger partial charge < -0.3 is 0 Å². The Morgan fingerprint density at radius 1 is 0.962 bits per heavy atom. The SMILES string of the molecule is CCCC[C@](C)(CC)CS(=O)(=O)c1ccccc1[C@H](C)c1ccccc1. The fourth-order valence-electron chi connectivity index (χ4n) is 3.53. The lowest BCUT2D eigenvalue weighted by atomic mass is 9.84. The average molecular weight is 373 g/mol. The highest BCUT2D eigenvalue weighted by molar-refractivity contribution is 7.91. The molecule has 0 aromatic heterocycles. The summed E-state index contributed by atoms with van der Waals surface area (Å²) in [6.07, 6.45) is 4.00. The summed E-state index contributed by atoms with van der Waals surface area (Å²) in [5.41, 5.74) is 1.87. The van der Waals surface area contributed by atoms with E-state index in [0.29, 0.717) is 4.90 Å². The third kappa shape index (κ3) is 4.97. The molecule has 0 bridgehead atoms. The van der Waals surface area contributed by atoms with Crippen molar-refractivity contribution in [2.75, 3.05) is 5.75 Å². The first-order chi connectivity index (χ1) is 12.3. The summed E-state index contributed by atoms with van der Waals surface area (Å²) in [4.78, 5) is 0.493. The molecule has 0 heterocycles. The quantitative estimate of drug-likeness (QED) is 0.524. The maximum Gasteiger partial charge on any atom is 0.179 e. The van der Waals surface area contributed by atoms with Crippen molar-refractivity contribution in [2.45, 2.75) is 64.2 Å². The first-order valence-corrected chi connectivity index (χ1v) is 11.3. The molecule has 142 valence electrons. The van der Waals surface area contributed by atoms with Gasteiger partial charge in [0, 0.05) is 5.92 Å². The Kier molecular flexibility index (Phi) is 7.05. The molecule has 0 aliphatic rings. The predicted octanol–water partition coefficient (Wildman–Crippen LogP) is 6.22. The van der Waals surface area contributed by atoms with Crippen LogP contribution in [0.25, 0.3) is 0 Å². The summed E-state index contributed by atoms with van der Waals surface area (Å²) in [5, 5.41) is 0. The van der Waals surface area contributed by atoms with Crippen LogP contribution >= 0.6 is 0 Å². The molecular weight excluding hydrogens is 340 g/mol. The largest absolute Gasteiger partial charge is 0.224 e. The lowest BCUT2D eigenvalue weighted by Gasteiger charge is -2.29. The van der Waals surface area contributed by atoms with Gasteiger partial charge in [-0.2, -0.15) is 0 Å². The van der Waals surface area contributed by atoms with Gasteiger partial charge in [-0.1, -0.05) is 89.1 Å². The van der Waals surface area contributed by atoms with Crippen molar-refractivity contribution in [2.24, 2.45) is 5.41 Å². The van der Waals surface area contributed by atoms with Gasteiger partial charge in [-0.15, -0.1) is 0 Å². The third-order valence-electron chi connectivity index (χ3n) is 5.55. The molecule has 2 aromatic rings. The van der Waals surface area contributed by atoms with E-state index >= 15 is 0 Å². The second-order valence-electron chi connectivity index (χ2n) is 7.70. The van der Waals surface area contributed by atoms with Crippen molar-refractivity contribution in [3.05, 3.63) is 65.7 Å². The van der Waals surface area contributed by atoms with E-state index in [2.05, 4.69) is 39.8 Å². The Morgan fingerprint density at radius 3 is 2.19 bits per heavy atom. The van der Waals surface area contributed by atoms with Crippen LogP contribution in [0, 0.1) is 5.41 Å². The van der Waals surface area contributed by atoms with E-state index in [-0.39, 0.29) is 17.1 Å². The topological polar surface area (TPSA) is 34.1 Å². The maximum atomic E-state index is 13.3. The molecule has 26 heavy (non-hydrogen) atoms. The van der Waals surface area contributed by atoms with Crippen LogP contribution in [0.2, 0.25) is 0 Å². The van der Waals surface area contributed by atoms with Gasteiger partial charge in [-0.05, 0) is 35.4 Å². The van der Waals surface area contributed by atoms with Crippen molar-refractivity contribution < 1.29 is 8.42 Å². The van der Waals surface area contributed by atoms with E-state index in [1.807, 2.05) is 36.4 Å². The van der Waals surface area contributed by atoms with Gasteiger partial charge in [0.05, 0.1) is 10.6 Å². The van der Waals surface area contributed by atoms with Gasteiger partial charge in [0.2, 0.25) is 0 Å². The van der Waals surface area contributed by atoms with E-state index < -0.39 is 9.84 Å². The number of sulfone groups is 1. The van der Waals surface area contributed by atoms with E-state index in [1.54, 1.807) is 6.07 Å². The van der Waals surface area contributed by atoms with Gasteiger partial charge in [-0.3, -0.25) is 0 Å². The monoisotopic (exact) mass is 372 g/mol. The fourth-order valence-corrected chi connectivity index (χ4v) is 5.85. The summed E-state index contributed by atoms with van der Waals surface area (Å²) in [6.45, 7) is 8.45. The van der Waals surface area contributed by atoms with Crippen molar-refractivity contribution in [3.8, 4) is 0 Å². The van der Waals surface area contributed by atoms with Crippen LogP contribution in [-0.4, -0.2) is 14.2 Å². The Bertz CT molecular complexity index is 796. The Hall–Kier alpha value is -1.61. The molecule has 0 spiro atoms. The summed E-state index contributed by atoms with van der Waals surface area (Å²) >= 11 is 0. The van der Waals surface area contributed by atoms with Gasteiger partial charge >= 0.3 is 0 Å². The van der Waals surface area contributed by atoms with E-state index in [1.165, 1.54) is 0 Å². The van der Waals surface area contributed by atoms with E-state index in [4.69, 9.17) is 0 Å². The molecule has 0 N–H and O–H groups in total. The third-order valence-corrected chi connectivity index (χ3v) is 7.66. The molecule has 2 nitrogen and oxygen atoms in total. The van der Waals surface area contributed by atoms with Crippen molar-refractivity contribution in [3.63, 3.8) is 0 Å². The van der Waals surface area contributed by atoms with E-state index in [9.17, 15) is 8.42 Å². The van der Waals surface area contributed by atoms with Crippen LogP contribution in [-0.2, 0) is 9.84 Å². The molecule has 0 amide bonds. The summed E-state index contributed by atoms with van der Waals surface area (Å²) in [7, 11) is -3.34. The second-order valence-corrected chi connectivity index (χ2v) is 9.66. The molecule has 3 heteroatoms. The van der Waals surface area contributed by atoms with Crippen LogP contribution in [0.1, 0.15) is 70.4 Å². The van der Waals surface area contributed by atoms with Gasteiger partial charge in [0.25, 0.3) is 0 Å². The predicted molar refractivity (Wildman–Crippen MR) is 110 cm³/mol. The molecule has 0 aliphatic carbocycles. The summed E-state index contributed by atoms with van der Waals surface area (Å²) in [5.74, 6) is 0.264. The lowest BCUT2D eigenvalue weighted by Crippen LogP contribution is -2.27. The van der Waals surface area contributed by atoms with Crippen LogP contribution in [0.4, 0.5) is 0 Å². The molecule has 2 aromatic carbocycles. The van der Waals surface area contributed by atoms with Gasteiger partial charge in [0.15, 0.2) is 9.84 Å². The highest BCUT2D eigenvalue weighted by Gasteiger charge is 2.31. The zero-order chi connectivity index (χ0) is 19.2. The molecule has 2 rings (SSSR count). The van der Waals surface area contributed by atoms with E-state index in [0.717, 1.165) is 36.8 Å². The van der Waals surface area contributed by atoms with Crippen molar-refractivity contribution in [1.82, 2.24) is 0 Å². The number of hydrogen-bond acceptors (Lipinski definition) is 2. The number of hydrogen-bond donors (Lipinski definition) is 0. The molecule has 0 saturated carbocycles. The lowest BCUT2D eigenvalue weighted by molar-refractivity contribution is 0.313. The first-order valence-electron chi connectivity index (χ1n) is 9.69. The zero-order valence-corrected chi connectivity index (χ0v) is 17.4. The minimum Gasteiger partial charge on any atom is -0.224 e. The number of benzene rings is 2. The van der Waals surface area contributed by atoms with Gasteiger partial charge in [0.1, 0.15) is 0 Å². The molecule has 0 aliphatic heterocycles. The molecular formula is C23H32O2S. The van der Waals surface area contributed by atoms with Crippen LogP contribution in [0.3, 0.4) is 0 Å². The summed E-state index contributed by atoms with van der Waals surface area (Å²) < 4.78 is 26.7. The Morgan fingerprint density at radius 2 is 1.58 bits per heavy atom. The first kappa shape index (κ1) is 20.7. The standard InChI is InChI=1S/C23H32O2S/c1-5-7-17-23(4,6-2)18-26(24,25)22-16-12-11-15-21(22)19(3)20-13-9-8-10-14-20/h8-16,19H,5-7,17-18H2,1-4H3/t19-,23+/m1/s1. The summed E-state index contributed by atoms with van der Waals surface area (Å²) in [6, 6.07) is 17.6. The number of rotatable bonds is 9. The van der Waals surface area contributed by atoms with Crippen LogP contribution < -0.4 is 0 Å². The molecule has 0 saturated heterocycles. The van der Waals surface area contributed by atoms with Crippen molar-refractivity contribution >= 4 is 9.84 Å². The normalized spacial score (nSPS) is 15.4. The molecule has 0 radical (unpaired) electrons. The molecule has 2 atom stereocenters. The van der Waals surface area contributed by atoms with Gasteiger partial charge in [-0.25, -0.2) is 8.42 Å². The zero-order valence-electron chi connectivity index (χ0n) is 16.5. The van der Waals surface area contributed by atoms with Crippen LogP contribution in [0.5, 0.6) is 0 Å². The highest BCUT2D eigenvalue weighted by Crippen LogP contribution is 2.35.